The molecule has 5 nitrogen and oxygen atoms in total. The molecule has 0 aliphatic carbocycles. The number of halogens is 1. The van der Waals surface area contributed by atoms with Crippen LogP contribution in [0, 0.1) is 0 Å². The van der Waals surface area contributed by atoms with E-state index in [2.05, 4.69) is 10.3 Å². The van der Waals surface area contributed by atoms with Crippen molar-refractivity contribution in [3.63, 3.8) is 0 Å². The van der Waals surface area contributed by atoms with Crippen LogP contribution in [0.3, 0.4) is 0 Å². The Labute approximate surface area is 151 Å². The number of nitrogens with one attached hydrogen (secondary N) is 1. The van der Waals surface area contributed by atoms with Crippen LogP contribution in [-0.2, 0) is 0 Å². The molecule has 0 amide bonds. The molecule has 2 aliphatic rings. The number of piperidine rings is 1. The van der Waals surface area contributed by atoms with Crippen molar-refractivity contribution in [1.82, 2.24) is 10.3 Å². The number of rotatable bonds is 4. The van der Waals surface area contributed by atoms with Crippen LogP contribution in [0.25, 0.3) is 11.3 Å². The molecular weight excluding hydrogens is 340 g/mol. The topological polar surface area (TPSA) is 71.5 Å². The number of aromatic nitrogens is 1. The largest absolute Gasteiger partial charge is 0.478 e. The average molecular weight is 359 g/mol. The molecule has 1 aromatic heterocycles. The van der Waals surface area contributed by atoms with E-state index in [1.165, 1.54) is 12.8 Å². The lowest BCUT2D eigenvalue weighted by Crippen LogP contribution is -2.42. The molecule has 2 aromatic rings. The Balaban J connectivity index is 1.62. The Hall–Kier alpha value is -2.11. The molecule has 0 saturated carbocycles. The first-order chi connectivity index (χ1) is 12.1. The number of carboxylic acids is 1. The second-order valence-electron chi connectivity index (χ2n) is 6.71. The quantitative estimate of drug-likeness (QED) is 0.870. The number of hydrogen-bond donors (Lipinski definition) is 2. The van der Waals surface area contributed by atoms with E-state index in [-0.39, 0.29) is 11.7 Å². The summed E-state index contributed by atoms with van der Waals surface area (Å²) < 4.78 is 6.10. The van der Waals surface area contributed by atoms with Crippen LogP contribution in [0.15, 0.2) is 36.4 Å². The van der Waals surface area contributed by atoms with E-state index < -0.39 is 5.97 Å². The summed E-state index contributed by atoms with van der Waals surface area (Å²) in [5.74, 6) is -0.538. The molecule has 2 aliphatic heterocycles. The number of fused-ring (bicyclic) bond motifs is 2. The highest BCUT2D eigenvalue weighted by molar-refractivity contribution is 6.31. The van der Waals surface area contributed by atoms with E-state index in [1.807, 2.05) is 0 Å². The molecule has 2 fully saturated rings. The summed E-state index contributed by atoms with van der Waals surface area (Å²) in [4.78, 5) is 16.0. The third kappa shape index (κ3) is 3.48. The van der Waals surface area contributed by atoms with Crippen molar-refractivity contribution in [2.45, 2.75) is 43.9 Å². The summed E-state index contributed by atoms with van der Waals surface area (Å²) in [6, 6.07) is 11.2. The highest BCUT2D eigenvalue weighted by Gasteiger charge is 2.34. The highest BCUT2D eigenvalue weighted by Crippen LogP contribution is 2.32. The minimum atomic E-state index is -0.991. The fourth-order valence-electron chi connectivity index (χ4n) is 3.84. The number of aromatic carboxylic acids is 1. The lowest BCUT2D eigenvalue weighted by atomic mass is 10.0. The summed E-state index contributed by atoms with van der Waals surface area (Å²) in [5, 5.41) is 13.5. The molecule has 25 heavy (non-hydrogen) atoms. The summed E-state index contributed by atoms with van der Waals surface area (Å²) in [6.07, 6.45) is 4.44. The summed E-state index contributed by atoms with van der Waals surface area (Å²) in [5.41, 5.74) is 1.24. The van der Waals surface area contributed by atoms with E-state index in [0.29, 0.717) is 34.2 Å². The minimum Gasteiger partial charge on any atom is -0.478 e. The zero-order valence-electron chi connectivity index (χ0n) is 13.6. The van der Waals surface area contributed by atoms with Gasteiger partial charge < -0.3 is 15.2 Å². The molecular formula is C19H19ClN2O3. The van der Waals surface area contributed by atoms with Crippen LogP contribution in [0.4, 0.5) is 0 Å². The molecule has 6 heteroatoms. The van der Waals surface area contributed by atoms with Crippen LogP contribution < -0.4 is 10.1 Å². The molecule has 0 radical (unpaired) electrons. The Kier molecular flexibility index (Phi) is 4.36. The Morgan fingerprint density at radius 3 is 2.64 bits per heavy atom. The maximum atomic E-state index is 11.5. The normalized spacial score (nSPS) is 24.9. The van der Waals surface area contributed by atoms with Crippen LogP contribution in [0.1, 0.15) is 36.0 Å². The Bertz CT molecular complexity index is 799. The van der Waals surface area contributed by atoms with Crippen molar-refractivity contribution in [3.8, 4) is 17.1 Å². The van der Waals surface area contributed by atoms with Gasteiger partial charge >= 0.3 is 5.97 Å². The van der Waals surface area contributed by atoms with Crippen LogP contribution in [0.2, 0.25) is 5.02 Å². The van der Waals surface area contributed by atoms with Crippen LogP contribution >= 0.6 is 11.6 Å². The van der Waals surface area contributed by atoms with E-state index in [0.717, 1.165) is 12.8 Å². The fraction of sp³-hybridized carbons (Fsp3) is 0.368. The molecule has 2 atom stereocenters. The molecule has 2 N–H and O–H groups in total. The fourth-order valence-corrected chi connectivity index (χ4v) is 4.03. The van der Waals surface area contributed by atoms with Gasteiger partial charge in [-0.15, -0.1) is 0 Å². The number of benzene rings is 1. The number of carboxylic acid groups (broad SMARTS) is 1. The highest BCUT2D eigenvalue weighted by atomic mass is 35.5. The average Bonchev–Trinajstić information content (AvgIpc) is 2.93. The van der Waals surface area contributed by atoms with Gasteiger partial charge in [0.05, 0.1) is 11.3 Å². The van der Waals surface area contributed by atoms with Crippen molar-refractivity contribution >= 4 is 17.6 Å². The van der Waals surface area contributed by atoms with Gasteiger partial charge in [-0.3, -0.25) is 0 Å². The Morgan fingerprint density at radius 2 is 1.92 bits per heavy atom. The molecule has 3 heterocycles. The van der Waals surface area contributed by atoms with E-state index in [9.17, 15) is 9.90 Å². The predicted octanol–water partition coefficient (Wildman–Crippen LogP) is 3.76. The van der Waals surface area contributed by atoms with Gasteiger partial charge in [0.2, 0.25) is 5.88 Å². The van der Waals surface area contributed by atoms with Gasteiger partial charge in [-0.05, 0) is 37.8 Å². The van der Waals surface area contributed by atoms with Gasteiger partial charge in [0.1, 0.15) is 6.10 Å². The number of hydrogen-bond acceptors (Lipinski definition) is 4. The third-order valence-corrected chi connectivity index (χ3v) is 5.14. The van der Waals surface area contributed by atoms with Gasteiger partial charge in [-0.2, -0.15) is 0 Å². The zero-order chi connectivity index (χ0) is 17.4. The monoisotopic (exact) mass is 358 g/mol. The maximum Gasteiger partial charge on any atom is 0.336 e. The molecule has 130 valence electrons. The number of carbonyl (C=O) groups is 1. The lowest BCUT2D eigenvalue weighted by molar-refractivity contribution is 0.0697. The second-order valence-corrected chi connectivity index (χ2v) is 7.15. The summed E-state index contributed by atoms with van der Waals surface area (Å²) in [6.45, 7) is 0. The summed E-state index contributed by atoms with van der Waals surface area (Å²) >= 11 is 6.24. The molecule has 1 aromatic carbocycles. The molecule has 2 bridgehead atoms. The number of ether oxygens (including phenoxy) is 1. The van der Waals surface area contributed by atoms with Gasteiger partial charge in [-0.1, -0.05) is 29.8 Å². The standard InChI is InChI=1S/C19H19ClN2O3/c20-11-7-17(15-3-1-2-4-16(15)19(23)24)22-18(8-11)25-14-9-12-5-6-13(10-14)21-12/h1-4,7-8,12-14,21H,5-6,9-10H2,(H,23,24). The van der Waals surface area contributed by atoms with Crippen molar-refractivity contribution in [3.05, 3.63) is 47.0 Å². The maximum absolute atomic E-state index is 11.5. The second kappa shape index (κ2) is 6.65. The minimum absolute atomic E-state index is 0.118. The summed E-state index contributed by atoms with van der Waals surface area (Å²) in [7, 11) is 0. The first kappa shape index (κ1) is 16.4. The van der Waals surface area contributed by atoms with Crippen LogP contribution in [-0.4, -0.2) is 34.2 Å². The molecule has 0 spiro atoms. The van der Waals surface area contributed by atoms with Crippen LogP contribution in [0.5, 0.6) is 5.88 Å². The smallest absolute Gasteiger partial charge is 0.336 e. The SMILES string of the molecule is O=C(O)c1ccccc1-c1cc(Cl)cc(OC2CC3CCC(C2)N3)n1. The molecule has 2 unspecified atom stereocenters. The van der Waals surface area contributed by atoms with Gasteiger partial charge in [0.25, 0.3) is 0 Å². The third-order valence-electron chi connectivity index (χ3n) is 4.92. The number of pyridine rings is 1. The predicted molar refractivity (Wildman–Crippen MR) is 95.2 cm³/mol. The van der Waals surface area contributed by atoms with Gasteiger partial charge in [-0.25, -0.2) is 9.78 Å². The first-order valence-corrected chi connectivity index (χ1v) is 8.89. The van der Waals surface area contributed by atoms with Crippen molar-refractivity contribution in [2.75, 3.05) is 0 Å². The molecule has 2 saturated heterocycles. The van der Waals surface area contributed by atoms with Crippen molar-refractivity contribution in [2.24, 2.45) is 0 Å². The first-order valence-electron chi connectivity index (χ1n) is 8.51. The van der Waals surface area contributed by atoms with E-state index in [4.69, 9.17) is 16.3 Å². The van der Waals surface area contributed by atoms with Gasteiger partial charge in [0.15, 0.2) is 0 Å². The van der Waals surface area contributed by atoms with E-state index in [1.54, 1.807) is 36.4 Å². The lowest BCUT2D eigenvalue weighted by Gasteiger charge is -2.29. The van der Waals surface area contributed by atoms with Crippen molar-refractivity contribution in [1.29, 1.82) is 0 Å². The van der Waals surface area contributed by atoms with Gasteiger partial charge in [0, 0.05) is 28.7 Å². The zero-order valence-corrected chi connectivity index (χ0v) is 14.4. The van der Waals surface area contributed by atoms with E-state index >= 15 is 0 Å². The molecule has 4 rings (SSSR count). The van der Waals surface area contributed by atoms with Crippen molar-refractivity contribution < 1.29 is 14.6 Å². The number of nitrogens with zero attached hydrogens (tertiary/aromatic N) is 1. The Morgan fingerprint density at radius 1 is 1.20 bits per heavy atom.